The molecule has 23 heavy (non-hydrogen) atoms. The van der Waals surface area contributed by atoms with Crippen LogP contribution in [0.4, 0.5) is 5.82 Å². The first-order valence-corrected chi connectivity index (χ1v) is 7.95. The van der Waals surface area contributed by atoms with Crippen LogP contribution in [0.5, 0.6) is 0 Å². The number of hydrogen-bond acceptors (Lipinski definition) is 4. The summed E-state index contributed by atoms with van der Waals surface area (Å²) in [6.45, 7) is 1.71. The van der Waals surface area contributed by atoms with Gasteiger partial charge in [-0.2, -0.15) is 0 Å². The molecule has 0 aliphatic rings. The number of carbonyl (C=O) groups is 2. The van der Waals surface area contributed by atoms with E-state index < -0.39 is 0 Å². The predicted molar refractivity (Wildman–Crippen MR) is 90.0 cm³/mol. The summed E-state index contributed by atoms with van der Waals surface area (Å²) in [7, 11) is 1.61. The van der Waals surface area contributed by atoms with Crippen LogP contribution in [0.2, 0.25) is 0 Å². The highest BCUT2D eigenvalue weighted by Gasteiger charge is 2.14. The van der Waals surface area contributed by atoms with Crippen molar-refractivity contribution in [1.29, 1.82) is 0 Å². The average Bonchev–Trinajstić information content (AvgIpc) is 2.90. The lowest BCUT2D eigenvalue weighted by Gasteiger charge is -2.16. The minimum Gasteiger partial charge on any atom is -0.360 e. The summed E-state index contributed by atoms with van der Waals surface area (Å²) >= 11 is 3.46. The first-order chi connectivity index (χ1) is 11.0. The second kappa shape index (κ2) is 7.92. The maximum atomic E-state index is 12.1. The molecule has 122 valence electrons. The molecule has 0 aliphatic carbocycles. The first kappa shape index (κ1) is 17.2. The second-order valence-electron chi connectivity index (χ2n) is 5.21. The summed E-state index contributed by atoms with van der Waals surface area (Å²) in [6, 6.07) is 9.39. The van der Waals surface area contributed by atoms with Crippen LogP contribution in [-0.4, -0.2) is 35.5 Å². The number of rotatable bonds is 6. The SMILES string of the molecule is Cc1cc(NC(=O)CN(C)C(=O)CCc2ccccc2Br)no1. The number of aromatic nitrogens is 1. The lowest BCUT2D eigenvalue weighted by molar-refractivity contribution is -0.133. The van der Waals surface area contributed by atoms with E-state index in [1.165, 1.54) is 4.90 Å². The van der Waals surface area contributed by atoms with Gasteiger partial charge in [-0.25, -0.2) is 0 Å². The summed E-state index contributed by atoms with van der Waals surface area (Å²) in [5, 5.41) is 6.26. The van der Waals surface area contributed by atoms with Crippen LogP contribution in [0.3, 0.4) is 0 Å². The fourth-order valence-electron chi connectivity index (χ4n) is 2.04. The molecule has 2 amide bonds. The molecule has 0 spiro atoms. The molecule has 7 heteroatoms. The Hall–Kier alpha value is -2.15. The van der Waals surface area contributed by atoms with Gasteiger partial charge in [-0.05, 0) is 25.0 Å². The van der Waals surface area contributed by atoms with Gasteiger partial charge >= 0.3 is 0 Å². The number of hydrogen-bond donors (Lipinski definition) is 1. The van der Waals surface area contributed by atoms with Gasteiger partial charge in [0.05, 0.1) is 6.54 Å². The lowest BCUT2D eigenvalue weighted by Crippen LogP contribution is -2.35. The third-order valence-corrected chi connectivity index (χ3v) is 4.04. The first-order valence-electron chi connectivity index (χ1n) is 7.16. The molecule has 6 nitrogen and oxygen atoms in total. The summed E-state index contributed by atoms with van der Waals surface area (Å²) in [4.78, 5) is 25.4. The van der Waals surface area contributed by atoms with Crippen LogP contribution in [0.1, 0.15) is 17.7 Å². The topological polar surface area (TPSA) is 75.4 Å². The molecule has 0 aliphatic heterocycles. The molecular formula is C16H18BrN3O3. The monoisotopic (exact) mass is 379 g/mol. The van der Waals surface area contributed by atoms with Crippen molar-refractivity contribution in [1.82, 2.24) is 10.1 Å². The zero-order valence-electron chi connectivity index (χ0n) is 13.0. The van der Waals surface area contributed by atoms with Gasteiger partial charge in [0, 0.05) is 24.0 Å². The molecule has 0 radical (unpaired) electrons. The normalized spacial score (nSPS) is 10.4. The van der Waals surface area contributed by atoms with Gasteiger partial charge in [0.15, 0.2) is 5.82 Å². The number of carbonyl (C=O) groups excluding carboxylic acids is 2. The third-order valence-electron chi connectivity index (χ3n) is 3.27. The van der Waals surface area contributed by atoms with Crippen LogP contribution in [0.15, 0.2) is 39.3 Å². The molecule has 0 unspecified atom stereocenters. The Bertz CT molecular complexity index is 699. The Morgan fingerprint density at radius 1 is 1.35 bits per heavy atom. The quantitative estimate of drug-likeness (QED) is 0.836. The zero-order valence-corrected chi connectivity index (χ0v) is 14.6. The lowest BCUT2D eigenvalue weighted by atomic mass is 10.1. The van der Waals surface area contributed by atoms with Crippen molar-refractivity contribution in [3.8, 4) is 0 Å². The highest BCUT2D eigenvalue weighted by molar-refractivity contribution is 9.10. The molecule has 0 bridgehead atoms. The Balaban J connectivity index is 1.80. The zero-order chi connectivity index (χ0) is 16.8. The molecule has 0 saturated carbocycles. The van der Waals surface area contributed by atoms with Crippen LogP contribution in [-0.2, 0) is 16.0 Å². The van der Waals surface area contributed by atoms with Crippen LogP contribution >= 0.6 is 15.9 Å². The van der Waals surface area contributed by atoms with Crippen molar-refractivity contribution in [3.63, 3.8) is 0 Å². The summed E-state index contributed by atoms with van der Waals surface area (Å²) < 4.78 is 5.85. The van der Waals surface area contributed by atoms with Gasteiger partial charge in [-0.15, -0.1) is 0 Å². The number of aryl methyl sites for hydroxylation is 2. The van der Waals surface area contributed by atoms with Gasteiger partial charge in [-0.1, -0.05) is 39.3 Å². The Morgan fingerprint density at radius 3 is 2.74 bits per heavy atom. The highest BCUT2D eigenvalue weighted by atomic mass is 79.9. The average molecular weight is 380 g/mol. The number of nitrogens with one attached hydrogen (secondary N) is 1. The van der Waals surface area contributed by atoms with Gasteiger partial charge in [-0.3, -0.25) is 9.59 Å². The molecule has 2 rings (SSSR count). The minimum absolute atomic E-state index is 0.0271. The van der Waals surface area contributed by atoms with Crippen molar-refractivity contribution in [2.75, 3.05) is 18.9 Å². The number of benzene rings is 1. The summed E-state index contributed by atoms with van der Waals surface area (Å²) in [6.07, 6.45) is 0.962. The predicted octanol–water partition coefficient (Wildman–Crippen LogP) is 2.78. The summed E-state index contributed by atoms with van der Waals surface area (Å²) in [5.41, 5.74) is 1.07. The standard InChI is InChI=1S/C16H18BrN3O3/c1-11-9-14(19-23-11)18-15(21)10-20(2)16(22)8-7-12-5-3-4-6-13(12)17/h3-6,9H,7-8,10H2,1-2H3,(H,18,19,21). The van der Waals surface area contributed by atoms with E-state index in [0.717, 1.165) is 10.0 Å². The minimum atomic E-state index is -0.310. The van der Waals surface area contributed by atoms with E-state index in [9.17, 15) is 9.59 Å². The number of amides is 2. The van der Waals surface area contributed by atoms with Crippen LogP contribution < -0.4 is 5.32 Å². The van der Waals surface area contributed by atoms with Gasteiger partial charge in [0.25, 0.3) is 0 Å². The maximum Gasteiger partial charge on any atom is 0.245 e. The molecule has 0 atom stereocenters. The van der Waals surface area contributed by atoms with Gasteiger partial charge < -0.3 is 14.7 Å². The molecule has 1 aromatic carbocycles. The molecule has 0 fully saturated rings. The molecule has 0 saturated heterocycles. The third kappa shape index (κ3) is 5.21. The van der Waals surface area contributed by atoms with E-state index in [-0.39, 0.29) is 18.4 Å². The van der Waals surface area contributed by atoms with Crippen LogP contribution in [0, 0.1) is 6.92 Å². The molecule has 2 aromatic rings. The van der Waals surface area contributed by atoms with E-state index in [1.54, 1.807) is 20.0 Å². The largest absolute Gasteiger partial charge is 0.360 e. The fraction of sp³-hybridized carbons (Fsp3) is 0.312. The summed E-state index contributed by atoms with van der Waals surface area (Å²) in [5.74, 6) is 0.557. The molecular weight excluding hydrogens is 362 g/mol. The van der Waals surface area contributed by atoms with E-state index in [2.05, 4.69) is 26.4 Å². The van der Waals surface area contributed by atoms with Gasteiger partial charge in [0.1, 0.15) is 5.76 Å². The van der Waals surface area contributed by atoms with Crippen molar-refractivity contribution in [2.45, 2.75) is 19.8 Å². The second-order valence-corrected chi connectivity index (χ2v) is 6.07. The molecule has 1 aromatic heterocycles. The van der Waals surface area contributed by atoms with E-state index in [0.29, 0.717) is 24.4 Å². The van der Waals surface area contributed by atoms with Crippen molar-refractivity contribution >= 4 is 33.6 Å². The Labute approximate surface area is 143 Å². The Kier molecular flexibility index (Phi) is 5.92. The van der Waals surface area contributed by atoms with Crippen molar-refractivity contribution in [2.24, 2.45) is 0 Å². The number of nitrogens with zero attached hydrogens (tertiary/aromatic N) is 2. The van der Waals surface area contributed by atoms with Crippen LogP contribution in [0.25, 0.3) is 0 Å². The smallest absolute Gasteiger partial charge is 0.245 e. The maximum absolute atomic E-state index is 12.1. The fourth-order valence-corrected chi connectivity index (χ4v) is 2.53. The Morgan fingerprint density at radius 2 is 2.09 bits per heavy atom. The van der Waals surface area contributed by atoms with Crippen molar-refractivity contribution in [3.05, 3.63) is 46.1 Å². The number of likely N-dealkylation sites (N-methyl/N-ethyl adjacent to an activating group) is 1. The van der Waals surface area contributed by atoms with Crippen molar-refractivity contribution < 1.29 is 14.1 Å². The molecule has 1 heterocycles. The van der Waals surface area contributed by atoms with E-state index >= 15 is 0 Å². The molecule has 1 N–H and O–H groups in total. The number of halogens is 1. The number of anilines is 1. The van der Waals surface area contributed by atoms with E-state index in [4.69, 9.17) is 4.52 Å². The van der Waals surface area contributed by atoms with Gasteiger partial charge in [0.2, 0.25) is 11.8 Å². The highest BCUT2D eigenvalue weighted by Crippen LogP contribution is 2.17. The van der Waals surface area contributed by atoms with E-state index in [1.807, 2.05) is 24.3 Å².